The Labute approximate surface area is 108 Å². The van der Waals surface area contributed by atoms with E-state index in [1.807, 2.05) is 0 Å². The van der Waals surface area contributed by atoms with Crippen LogP contribution in [0.3, 0.4) is 0 Å². The number of halogens is 6. The Morgan fingerprint density at radius 1 is 1.22 bits per heavy atom. The van der Waals surface area contributed by atoms with Crippen LogP contribution in [0.4, 0.5) is 22.0 Å². The van der Waals surface area contributed by atoms with Crippen molar-refractivity contribution in [2.45, 2.75) is 6.18 Å². The molecule has 0 saturated heterocycles. The molecule has 0 aromatic heterocycles. The van der Waals surface area contributed by atoms with Crippen LogP contribution in [0.25, 0.3) is 0 Å². The van der Waals surface area contributed by atoms with Gasteiger partial charge >= 0.3 is 6.18 Å². The van der Waals surface area contributed by atoms with E-state index in [2.05, 4.69) is 21.2 Å². The predicted molar refractivity (Wildman–Crippen MR) is 58.5 cm³/mol. The molecule has 0 heterocycles. The number of hydrogen-bond donors (Lipinski definition) is 1. The summed E-state index contributed by atoms with van der Waals surface area (Å²) in [5.41, 5.74) is 0. The summed E-state index contributed by atoms with van der Waals surface area (Å²) in [6.45, 7) is -1.43. The third kappa shape index (κ3) is 5.18. The van der Waals surface area contributed by atoms with Crippen molar-refractivity contribution in [1.82, 2.24) is 5.32 Å². The molecule has 1 N–H and O–H groups in total. The van der Waals surface area contributed by atoms with Crippen LogP contribution < -0.4 is 10.1 Å². The molecule has 18 heavy (non-hydrogen) atoms. The van der Waals surface area contributed by atoms with Gasteiger partial charge in [0.25, 0.3) is 0 Å². The summed E-state index contributed by atoms with van der Waals surface area (Å²) in [5, 5.41) is 2.08. The molecule has 1 aromatic rings. The van der Waals surface area contributed by atoms with Crippen LogP contribution in [0.15, 0.2) is 16.6 Å². The zero-order chi connectivity index (χ0) is 13.8. The summed E-state index contributed by atoms with van der Waals surface area (Å²) in [4.78, 5) is 0. The zero-order valence-electron chi connectivity index (χ0n) is 8.95. The van der Waals surface area contributed by atoms with Crippen molar-refractivity contribution >= 4 is 15.9 Å². The predicted octanol–water partition coefficient (Wildman–Crippen LogP) is 3.26. The first-order valence-corrected chi connectivity index (χ1v) is 5.64. The van der Waals surface area contributed by atoms with E-state index in [9.17, 15) is 22.0 Å². The molecular weight excluding hydrogens is 325 g/mol. The first kappa shape index (κ1) is 15.2. The SMILES string of the molecule is Fc1cc(F)c(OCCNCC(F)(F)F)c(Br)c1. The van der Waals surface area contributed by atoms with Crippen molar-refractivity contribution in [3.05, 3.63) is 28.2 Å². The molecule has 0 fully saturated rings. The summed E-state index contributed by atoms with van der Waals surface area (Å²) in [6.07, 6.45) is -4.30. The largest absolute Gasteiger partial charge is 0.488 e. The van der Waals surface area contributed by atoms with E-state index in [0.29, 0.717) is 6.07 Å². The monoisotopic (exact) mass is 333 g/mol. The highest BCUT2D eigenvalue weighted by atomic mass is 79.9. The topological polar surface area (TPSA) is 21.3 Å². The van der Waals surface area contributed by atoms with Gasteiger partial charge in [-0.25, -0.2) is 8.78 Å². The van der Waals surface area contributed by atoms with Crippen LogP contribution in [0.5, 0.6) is 5.75 Å². The van der Waals surface area contributed by atoms with Crippen molar-refractivity contribution in [3.63, 3.8) is 0 Å². The molecule has 1 rings (SSSR count). The molecule has 0 radical (unpaired) electrons. The second-order valence-electron chi connectivity index (χ2n) is 3.34. The Morgan fingerprint density at radius 2 is 1.89 bits per heavy atom. The quantitative estimate of drug-likeness (QED) is 0.659. The van der Waals surface area contributed by atoms with E-state index in [1.54, 1.807) is 0 Å². The summed E-state index contributed by atoms with van der Waals surface area (Å²) < 4.78 is 66.2. The van der Waals surface area contributed by atoms with Crippen molar-refractivity contribution in [3.8, 4) is 5.75 Å². The molecule has 8 heteroatoms. The van der Waals surface area contributed by atoms with Gasteiger partial charge in [-0.2, -0.15) is 13.2 Å². The summed E-state index contributed by atoms with van der Waals surface area (Å²) in [6, 6.07) is 1.63. The van der Waals surface area contributed by atoms with Crippen LogP contribution in [0.1, 0.15) is 0 Å². The lowest BCUT2D eigenvalue weighted by atomic mass is 10.3. The lowest BCUT2D eigenvalue weighted by Gasteiger charge is -2.11. The van der Waals surface area contributed by atoms with Gasteiger partial charge in [-0.1, -0.05) is 0 Å². The molecule has 0 bridgehead atoms. The van der Waals surface area contributed by atoms with Crippen molar-refractivity contribution in [2.75, 3.05) is 19.7 Å². The summed E-state index contributed by atoms with van der Waals surface area (Å²) >= 11 is 2.89. The van der Waals surface area contributed by atoms with Gasteiger partial charge in [-0.3, -0.25) is 0 Å². The normalized spacial score (nSPS) is 11.7. The lowest BCUT2D eigenvalue weighted by Crippen LogP contribution is -2.31. The number of hydrogen-bond acceptors (Lipinski definition) is 2. The highest BCUT2D eigenvalue weighted by Crippen LogP contribution is 2.29. The van der Waals surface area contributed by atoms with Crippen molar-refractivity contribution in [1.29, 1.82) is 0 Å². The first-order valence-electron chi connectivity index (χ1n) is 4.84. The van der Waals surface area contributed by atoms with Crippen LogP contribution in [-0.2, 0) is 0 Å². The van der Waals surface area contributed by atoms with Crippen LogP contribution in [0, 0.1) is 11.6 Å². The molecule has 102 valence electrons. The molecule has 0 amide bonds. The first-order chi connectivity index (χ1) is 8.29. The van der Waals surface area contributed by atoms with Gasteiger partial charge < -0.3 is 10.1 Å². The minimum Gasteiger partial charge on any atom is -0.488 e. The van der Waals surface area contributed by atoms with Crippen molar-refractivity contribution < 1.29 is 26.7 Å². The van der Waals surface area contributed by atoms with E-state index in [-0.39, 0.29) is 23.4 Å². The van der Waals surface area contributed by atoms with Crippen molar-refractivity contribution in [2.24, 2.45) is 0 Å². The minimum absolute atomic E-state index is 0.0656. The molecule has 0 saturated carbocycles. The summed E-state index contributed by atoms with van der Waals surface area (Å²) in [7, 11) is 0. The maximum atomic E-state index is 13.2. The highest BCUT2D eigenvalue weighted by Gasteiger charge is 2.25. The van der Waals surface area contributed by atoms with Crippen LogP contribution in [0.2, 0.25) is 0 Å². The average molecular weight is 334 g/mol. The Hall–Kier alpha value is -0.890. The molecule has 0 unspecified atom stereocenters. The second-order valence-corrected chi connectivity index (χ2v) is 4.19. The number of ether oxygens (including phenoxy) is 1. The molecule has 0 spiro atoms. The smallest absolute Gasteiger partial charge is 0.401 e. The second kappa shape index (κ2) is 6.33. The molecule has 0 atom stereocenters. The fourth-order valence-electron chi connectivity index (χ4n) is 1.12. The Bertz CT molecular complexity index is 387. The van der Waals surface area contributed by atoms with E-state index in [1.165, 1.54) is 0 Å². The van der Waals surface area contributed by atoms with Gasteiger partial charge in [0.1, 0.15) is 12.4 Å². The van der Waals surface area contributed by atoms with Gasteiger partial charge in [0.15, 0.2) is 11.6 Å². The van der Waals surface area contributed by atoms with E-state index < -0.39 is 24.4 Å². The lowest BCUT2D eigenvalue weighted by molar-refractivity contribution is -0.124. The number of rotatable bonds is 5. The van der Waals surface area contributed by atoms with Gasteiger partial charge in [-0.05, 0) is 22.0 Å². The fraction of sp³-hybridized carbons (Fsp3) is 0.400. The number of alkyl halides is 3. The van der Waals surface area contributed by atoms with Gasteiger partial charge in [0.05, 0.1) is 11.0 Å². The molecule has 0 aliphatic rings. The van der Waals surface area contributed by atoms with Gasteiger partial charge in [-0.15, -0.1) is 0 Å². The zero-order valence-corrected chi connectivity index (χ0v) is 10.5. The number of nitrogens with one attached hydrogen (secondary N) is 1. The molecular formula is C10H9BrF5NO. The summed E-state index contributed by atoms with van der Waals surface area (Å²) in [5.74, 6) is -1.93. The molecule has 1 aromatic carbocycles. The Morgan fingerprint density at radius 3 is 2.44 bits per heavy atom. The molecule has 0 aliphatic carbocycles. The fourth-order valence-corrected chi connectivity index (χ4v) is 1.64. The highest BCUT2D eigenvalue weighted by molar-refractivity contribution is 9.10. The van der Waals surface area contributed by atoms with E-state index in [4.69, 9.17) is 4.74 Å². The van der Waals surface area contributed by atoms with Gasteiger partial charge in [0.2, 0.25) is 0 Å². The van der Waals surface area contributed by atoms with Gasteiger partial charge in [0, 0.05) is 12.6 Å². The van der Waals surface area contributed by atoms with Crippen LogP contribution in [-0.4, -0.2) is 25.9 Å². The Balaban J connectivity index is 2.41. The molecule has 0 aliphatic heterocycles. The maximum Gasteiger partial charge on any atom is 0.401 e. The Kier molecular flexibility index (Phi) is 5.33. The third-order valence-electron chi connectivity index (χ3n) is 1.81. The van der Waals surface area contributed by atoms with E-state index in [0.717, 1.165) is 6.07 Å². The van der Waals surface area contributed by atoms with Crippen LogP contribution >= 0.6 is 15.9 Å². The maximum absolute atomic E-state index is 13.2. The standard InChI is InChI=1S/C10H9BrF5NO/c11-7-3-6(12)4-8(13)9(7)18-2-1-17-5-10(14,15)16/h3-4,17H,1-2,5H2. The molecule has 2 nitrogen and oxygen atoms in total. The van der Waals surface area contributed by atoms with E-state index >= 15 is 0 Å². The average Bonchev–Trinajstić information content (AvgIpc) is 2.19. The number of benzene rings is 1. The third-order valence-corrected chi connectivity index (χ3v) is 2.40. The minimum atomic E-state index is -4.30.